The third-order valence-corrected chi connectivity index (χ3v) is 3.75. The first-order valence-corrected chi connectivity index (χ1v) is 6.41. The van der Waals surface area contributed by atoms with Crippen molar-refractivity contribution < 1.29 is 0 Å². The first-order valence-electron chi connectivity index (χ1n) is 6.41. The van der Waals surface area contributed by atoms with E-state index >= 15 is 0 Å². The molecular formula is C14H16N4. The molecule has 2 aromatic rings. The number of nitriles is 1. The fraction of sp³-hybridized carbons (Fsp3) is 0.429. The van der Waals surface area contributed by atoms with Crippen LogP contribution >= 0.6 is 0 Å². The quantitative estimate of drug-likeness (QED) is 0.897. The molecule has 0 bridgehead atoms. The van der Waals surface area contributed by atoms with Crippen molar-refractivity contribution in [3.8, 4) is 6.07 Å². The van der Waals surface area contributed by atoms with Gasteiger partial charge in [0.15, 0.2) is 0 Å². The second-order valence-corrected chi connectivity index (χ2v) is 4.91. The minimum Gasteiger partial charge on any atom is -0.367 e. The highest BCUT2D eigenvalue weighted by molar-refractivity contribution is 5.82. The molecule has 0 amide bonds. The topological polar surface area (TPSA) is 53.6 Å². The number of anilines is 1. The maximum atomic E-state index is 9.22. The lowest BCUT2D eigenvalue weighted by atomic mass is 9.78. The van der Waals surface area contributed by atoms with E-state index in [9.17, 15) is 5.26 Å². The van der Waals surface area contributed by atoms with Crippen molar-refractivity contribution in [1.29, 1.82) is 5.26 Å². The number of benzene rings is 1. The SMILES string of the molecule is CCn1ncc2cc(NC3(C#N)CCC3)ccc21. The zero-order valence-electron chi connectivity index (χ0n) is 10.5. The Morgan fingerprint density at radius 2 is 2.33 bits per heavy atom. The fourth-order valence-corrected chi connectivity index (χ4v) is 2.49. The van der Waals surface area contributed by atoms with E-state index in [1.165, 1.54) is 0 Å². The average molecular weight is 240 g/mol. The summed E-state index contributed by atoms with van der Waals surface area (Å²) in [6.07, 6.45) is 4.89. The number of aryl methyl sites for hydroxylation is 1. The molecule has 3 rings (SSSR count). The molecule has 1 N–H and O–H groups in total. The Hall–Kier alpha value is -2.02. The molecule has 0 unspecified atom stereocenters. The van der Waals surface area contributed by atoms with Gasteiger partial charge < -0.3 is 5.32 Å². The van der Waals surface area contributed by atoms with Crippen molar-refractivity contribution in [1.82, 2.24) is 9.78 Å². The second kappa shape index (κ2) is 4.02. The predicted octanol–water partition coefficient (Wildman–Crippen LogP) is 2.91. The fourth-order valence-electron chi connectivity index (χ4n) is 2.49. The minimum absolute atomic E-state index is 0.339. The van der Waals surface area contributed by atoms with Gasteiger partial charge in [-0.05, 0) is 44.4 Å². The number of hydrogen-bond donors (Lipinski definition) is 1. The van der Waals surface area contributed by atoms with Crippen molar-refractivity contribution in [2.45, 2.75) is 38.3 Å². The molecule has 0 atom stereocenters. The number of fused-ring (bicyclic) bond motifs is 1. The Bertz CT molecular complexity index is 616. The van der Waals surface area contributed by atoms with Crippen LogP contribution in [-0.4, -0.2) is 15.3 Å². The molecule has 0 aliphatic heterocycles. The van der Waals surface area contributed by atoms with E-state index in [-0.39, 0.29) is 5.54 Å². The van der Waals surface area contributed by atoms with Crippen LogP contribution in [0, 0.1) is 11.3 Å². The highest BCUT2D eigenvalue weighted by Crippen LogP contribution is 2.35. The Balaban J connectivity index is 1.92. The standard InChI is InChI=1S/C14H16N4/c1-2-18-13-5-4-12(8-11(13)9-16-18)17-14(10-15)6-3-7-14/h4-5,8-9,17H,2-3,6-7H2,1H3. The number of hydrogen-bond acceptors (Lipinski definition) is 3. The van der Waals surface area contributed by atoms with Crippen LogP contribution in [0.4, 0.5) is 5.69 Å². The lowest BCUT2D eigenvalue weighted by Gasteiger charge is -2.36. The zero-order chi connectivity index (χ0) is 12.6. The molecule has 1 fully saturated rings. The molecule has 1 aromatic carbocycles. The maximum Gasteiger partial charge on any atom is 0.125 e. The molecule has 1 aliphatic carbocycles. The third kappa shape index (κ3) is 1.63. The van der Waals surface area contributed by atoms with Crippen LogP contribution in [-0.2, 0) is 6.54 Å². The van der Waals surface area contributed by atoms with Crippen molar-refractivity contribution in [2.24, 2.45) is 0 Å². The Morgan fingerprint density at radius 3 is 2.94 bits per heavy atom. The van der Waals surface area contributed by atoms with Gasteiger partial charge >= 0.3 is 0 Å². The average Bonchev–Trinajstić information content (AvgIpc) is 2.76. The summed E-state index contributed by atoms with van der Waals surface area (Å²) in [5.41, 5.74) is 1.82. The lowest BCUT2D eigenvalue weighted by molar-refractivity contribution is 0.356. The maximum absolute atomic E-state index is 9.22. The van der Waals surface area contributed by atoms with Crippen LogP contribution < -0.4 is 5.32 Å². The van der Waals surface area contributed by atoms with Crippen LogP contribution in [0.2, 0.25) is 0 Å². The van der Waals surface area contributed by atoms with Gasteiger partial charge in [0.2, 0.25) is 0 Å². The van der Waals surface area contributed by atoms with Crippen LogP contribution in [0.25, 0.3) is 10.9 Å². The molecule has 0 saturated heterocycles. The number of nitrogens with one attached hydrogen (secondary N) is 1. The Morgan fingerprint density at radius 1 is 1.50 bits per heavy atom. The summed E-state index contributed by atoms with van der Waals surface area (Å²) < 4.78 is 1.97. The van der Waals surface area contributed by atoms with E-state index in [0.29, 0.717) is 0 Å². The van der Waals surface area contributed by atoms with Crippen LogP contribution in [0.5, 0.6) is 0 Å². The molecule has 1 saturated carbocycles. The van der Waals surface area contributed by atoms with E-state index in [0.717, 1.165) is 42.4 Å². The Labute approximate surface area is 106 Å². The summed E-state index contributed by atoms with van der Waals surface area (Å²) in [6.45, 7) is 2.95. The van der Waals surface area contributed by atoms with Crippen molar-refractivity contribution in [3.63, 3.8) is 0 Å². The van der Waals surface area contributed by atoms with Gasteiger partial charge in [-0.1, -0.05) is 0 Å². The van der Waals surface area contributed by atoms with Crippen molar-refractivity contribution in [3.05, 3.63) is 24.4 Å². The first-order chi connectivity index (χ1) is 8.76. The van der Waals surface area contributed by atoms with Gasteiger partial charge in [-0.15, -0.1) is 0 Å². The molecule has 0 spiro atoms. The monoisotopic (exact) mass is 240 g/mol. The van der Waals surface area contributed by atoms with E-state index < -0.39 is 0 Å². The lowest BCUT2D eigenvalue weighted by Crippen LogP contribution is -2.43. The number of aromatic nitrogens is 2. The molecule has 4 nitrogen and oxygen atoms in total. The van der Waals surface area contributed by atoms with Crippen LogP contribution in [0.3, 0.4) is 0 Å². The molecule has 4 heteroatoms. The van der Waals surface area contributed by atoms with Crippen molar-refractivity contribution >= 4 is 16.6 Å². The molecule has 18 heavy (non-hydrogen) atoms. The summed E-state index contributed by atoms with van der Waals surface area (Å²) in [6, 6.07) is 8.57. The predicted molar refractivity (Wildman–Crippen MR) is 71.2 cm³/mol. The summed E-state index contributed by atoms with van der Waals surface area (Å²) in [4.78, 5) is 0. The largest absolute Gasteiger partial charge is 0.367 e. The molecule has 1 aromatic heterocycles. The normalized spacial score (nSPS) is 17.1. The second-order valence-electron chi connectivity index (χ2n) is 4.91. The first kappa shape index (κ1) is 11.1. The van der Waals surface area contributed by atoms with Gasteiger partial charge in [0.25, 0.3) is 0 Å². The van der Waals surface area contributed by atoms with Gasteiger partial charge in [-0.25, -0.2) is 0 Å². The van der Waals surface area contributed by atoms with Gasteiger partial charge in [-0.3, -0.25) is 4.68 Å². The zero-order valence-corrected chi connectivity index (χ0v) is 10.5. The summed E-state index contributed by atoms with van der Waals surface area (Å²) >= 11 is 0. The van der Waals surface area contributed by atoms with Crippen LogP contribution in [0.15, 0.2) is 24.4 Å². The summed E-state index contributed by atoms with van der Waals surface area (Å²) in [7, 11) is 0. The molecule has 1 heterocycles. The third-order valence-electron chi connectivity index (χ3n) is 3.75. The van der Waals surface area contributed by atoms with E-state index in [1.807, 2.05) is 16.9 Å². The van der Waals surface area contributed by atoms with Gasteiger partial charge in [-0.2, -0.15) is 10.4 Å². The molecular weight excluding hydrogens is 224 g/mol. The van der Waals surface area contributed by atoms with E-state index in [2.05, 4.69) is 35.5 Å². The summed E-state index contributed by atoms with van der Waals surface area (Å²) in [5, 5.41) is 18.0. The highest BCUT2D eigenvalue weighted by atomic mass is 15.3. The van der Waals surface area contributed by atoms with Crippen molar-refractivity contribution in [2.75, 3.05) is 5.32 Å². The van der Waals surface area contributed by atoms with Gasteiger partial charge in [0, 0.05) is 17.6 Å². The van der Waals surface area contributed by atoms with Crippen LogP contribution in [0.1, 0.15) is 26.2 Å². The Kier molecular flexibility index (Phi) is 2.48. The van der Waals surface area contributed by atoms with Gasteiger partial charge in [0.05, 0.1) is 17.8 Å². The van der Waals surface area contributed by atoms with Gasteiger partial charge in [0.1, 0.15) is 5.54 Å². The molecule has 92 valence electrons. The molecule has 1 aliphatic rings. The molecule has 0 radical (unpaired) electrons. The van der Waals surface area contributed by atoms with E-state index in [4.69, 9.17) is 0 Å². The number of nitrogens with zero attached hydrogens (tertiary/aromatic N) is 3. The highest BCUT2D eigenvalue weighted by Gasteiger charge is 2.36. The smallest absolute Gasteiger partial charge is 0.125 e. The minimum atomic E-state index is -0.339. The summed E-state index contributed by atoms with van der Waals surface area (Å²) in [5.74, 6) is 0. The number of rotatable bonds is 3. The van der Waals surface area contributed by atoms with E-state index in [1.54, 1.807) is 0 Å².